The highest BCUT2D eigenvalue weighted by Gasteiger charge is 2.18. The number of aromatic nitrogens is 3. The van der Waals surface area contributed by atoms with Gasteiger partial charge in [0.25, 0.3) is 5.91 Å². The van der Waals surface area contributed by atoms with Gasteiger partial charge in [-0.1, -0.05) is 6.07 Å². The molecule has 0 saturated heterocycles. The van der Waals surface area contributed by atoms with Crippen molar-refractivity contribution in [1.82, 2.24) is 19.9 Å². The molecule has 0 aliphatic heterocycles. The Labute approximate surface area is 132 Å². The van der Waals surface area contributed by atoms with E-state index < -0.39 is 5.82 Å². The van der Waals surface area contributed by atoms with Crippen LogP contribution in [0.4, 0.5) is 4.39 Å². The summed E-state index contributed by atoms with van der Waals surface area (Å²) in [6.45, 7) is 0.390. The van der Waals surface area contributed by atoms with Crippen LogP contribution >= 0.6 is 0 Å². The number of rotatable bonds is 4. The zero-order valence-electron chi connectivity index (χ0n) is 12.6. The van der Waals surface area contributed by atoms with Gasteiger partial charge >= 0.3 is 0 Å². The van der Waals surface area contributed by atoms with E-state index >= 15 is 0 Å². The average molecular weight is 313 g/mol. The summed E-state index contributed by atoms with van der Waals surface area (Å²) in [5.74, 6) is -0.0351. The molecular formula is C16H16FN5O. The highest BCUT2D eigenvalue weighted by molar-refractivity contribution is 6.05. The first kappa shape index (κ1) is 15.1. The van der Waals surface area contributed by atoms with Crippen LogP contribution in [0, 0.1) is 5.82 Å². The maximum Gasteiger partial charge on any atom is 0.253 e. The Balaban J connectivity index is 2.36. The highest BCUT2D eigenvalue weighted by atomic mass is 19.1. The molecule has 0 unspecified atom stereocenters. The number of carbonyl (C=O) groups is 1. The minimum Gasteiger partial charge on any atom is -0.355 e. The van der Waals surface area contributed by atoms with Crippen molar-refractivity contribution in [3.05, 3.63) is 53.9 Å². The van der Waals surface area contributed by atoms with E-state index in [1.807, 2.05) is 6.07 Å². The molecule has 7 heteroatoms. The number of nitrogens with zero attached hydrogens (tertiary/aromatic N) is 3. The first-order chi connectivity index (χ1) is 11.2. The molecule has 0 aliphatic carbocycles. The lowest BCUT2D eigenvalue weighted by Crippen LogP contribution is -2.19. The first-order valence-electron chi connectivity index (χ1n) is 7.19. The second kappa shape index (κ2) is 6.13. The molecule has 0 bridgehead atoms. The quantitative estimate of drug-likeness (QED) is 0.763. The fourth-order valence-electron chi connectivity index (χ4n) is 2.59. The van der Waals surface area contributed by atoms with Crippen molar-refractivity contribution >= 4 is 16.9 Å². The maximum atomic E-state index is 13.6. The fourth-order valence-corrected chi connectivity index (χ4v) is 2.59. The Hall–Kier alpha value is -2.80. The molecule has 0 radical (unpaired) electrons. The van der Waals surface area contributed by atoms with E-state index in [-0.39, 0.29) is 5.91 Å². The lowest BCUT2D eigenvalue weighted by atomic mass is 10.1. The van der Waals surface area contributed by atoms with Gasteiger partial charge in [0.2, 0.25) is 0 Å². The monoisotopic (exact) mass is 313 g/mol. The Kier molecular flexibility index (Phi) is 4.03. The van der Waals surface area contributed by atoms with Crippen LogP contribution in [0.2, 0.25) is 0 Å². The zero-order chi connectivity index (χ0) is 16.4. The molecule has 1 amide bonds. The largest absolute Gasteiger partial charge is 0.355 e. The summed E-state index contributed by atoms with van der Waals surface area (Å²) in [7, 11) is 1.56. The molecule has 0 saturated carbocycles. The molecule has 118 valence electrons. The number of imidazole rings is 1. The Morgan fingerprint density at radius 2 is 2.22 bits per heavy atom. The Morgan fingerprint density at radius 1 is 1.39 bits per heavy atom. The number of pyridine rings is 1. The number of hydrogen-bond donors (Lipinski definition) is 2. The van der Waals surface area contributed by atoms with Crippen LogP contribution in [-0.4, -0.2) is 34.0 Å². The van der Waals surface area contributed by atoms with E-state index in [1.54, 1.807) is 23.7 Å². The lowest BCUT2D eigenvalue weighted by Gasteiger charge is -2.11. The molecule has 0 fully saturated rings. The number of para-hydroxylation sites is 1. The zero-order valence-corrected chi connectivity index (χ0v) is 12.6. The van der Waals surface area contributed by atoms with Crippen LogP contribution in [0.1, 0.15) is 16.2 Å². The van der Waals surface area contributed by atoms with Crippen molar-refractivity contribution in [2.75, 3.05) is 13.6 Å². The molecule has 2 aromatic heterocycles. The molecule has 1 aromatic carbocycles. The molecule has 0 spiro atoms. The first-order valence-corrected chi connectivity index (χ1v) is 7.19. The summed E-state index contributed by atoms with van der Waals surface area (Å²) in [5.41, 5.74) is 7.90. The molecule has 0 aliphatic rings. The summed E-state index contributed by atoms with van der Waals surface area (Å²) >= 11 is 0. The molecule has 23 heavy (non-hydrogen) atoms. The number of hydrogen-bond acceptors (Lipinski definition) is 4. The van der Waals surface area contributed by atoms with E-state index in [9.17, 15) is 9.18 Å². The van der Waals surface area contributed by atoms with Crippen LogP contribution in [0.15, 0.2) is 36.7 Å². The summed E-state index contributed by atoms with van der Waals surface area (Å²) in [6.07, 6.45) is 3.16. The predicted octanol–water partition coefficient (Wildman–Crippen LogP) is 1.42. The predicted molar refractivity (Wildman–Crippen MR) is 85.0 cm³/mol. The molecule has 3 rings (SSSR count). The smallest absolute Gasteiger partial charge is 0.253 e. The Bertz CT molecular complexity index is 874. The van der Waals surface area contributed by atoms with Crippen LogP contribution in [0.25, 0.3) is 16.7 Å². The van der Waals surface area contributed by atoms with Crippen molar-refractivity contribution in [2.45, 2.75) is 6.42 Å². The van der Waals surface area contributed by atoms with E-state index in [4.69, 9.17) is 5.73 Å². The lowest BCUT2D eigenvalue weighted by molar-refractivity contribution is 0.0964. The Morgan fingerprint density at radius 3 is 2.91 bits per heavy atom. The van der Waals surface area contributed by atoms with Gasteiger partial charge in [-0.05, 0) is 18.7 Å². The fraction of sp³-hybridized carbons (Fsp3) is 0.188. The van der Waals surface area contributed by atoms with Crippen molar-refractivity contribution in [1.29, 1.82) is 0 Å². The normalized spacial score (nSPS) is 10.9. The van der Waals surface area contributed by atoms with E-state index in [2.05, 4.69) is 15.3 Å². The number of nitrogens with one attached hydrogen (secondary N) is 1. The van der Waals surface area contributed by atoms with E-state index in [0.717, 1.165) is 6.20 Å². The van der Waals surface area contributed by atoms with Crippen molar-refractivity contribution in [3.63, 3.8) is 0 Å². The second-order valence-corrected chi connectivity index (χ2v) is 5.02. The molecule has 0 atom stereocenters. The molecule has 3 aromatic rings. The number of amides is 1. The van der Waals surface area contributed by atoms with Gasteiger partial charge in [-0.15, -0.1) is 0 Å². The van der Waals surface area contributed by atoms with Gasteiger partial charge in [0.05, 0.1) is 34.7 Å². The standard InChI is InChI=1S/C16H16FN5O/c1-19-16(23)12-3-2-4-13-15(12)22(14(21-13)5-6-18)11-7-10(17)8-20-9-11/h2-4,7-9H,5-6,18H2,1H3,(H,19,23). The summed E-state index contributed by atoms with van der Waals surface area (Å²) in [4.78, 5) is 20.6. The third-order valence-corrected chi connectivity index (χ3v) is 3.53. The van der Waals surface area contributed by atoms with Gasteiger partial charge in [-0.25, -0.2) is 9.37 Å². The topological polar surface area (TPSA) is 85.8 Å². The van der Waals surface area contributed by atoms with Gasteiger partial charge < -0.3 is 11.1 Å². The van der Waals surface area contributed by atoms with E-state index in [1.165, 1.54) is 12.3 Å². The average Bonchev–Trinajstić information content (AvgIpc) is 2.92. The van der Waals surface area contributed by atoms with Crippen LogP contribution in [0.5, 0.6) is 0 Å². The second-order valence-electron chi connectivity index (χ2n) is 5.02. The van der Waals surface area contributed by atoms with Crippen molar-refractivity contribution < 1.29 is 9.18 Å². The van der Waals surface area contributed by atoms with Crippen molar-refractivity contribution in [3.8, 4) is 5.69 Å². The minimum absolute atomic E-state index is 0.236. The highest BCUT2D eigenvalue weighted by Crippen LogP contribution is 2.25. The van der Waals surface area contributed by atoms with Crippen LogP contribution in [0.3, 0.4) is 0 Å². The van der Waals surface area contributed by atoms with Crippen molar-refractivity contribution in [2.24, 2.45) is 5.73 Å². The summed E-state index contributed by atoms with van der Waals surface area (Å²) < 4.78 is 15.3. The number of fused-ring (bicyclic) bond motifs is 1. The van der Waals surface area contributed by atoms with Gasteiger partial charge in [-0.2, -0.15) is 0 Å². The van der Waals surface area contributed by atoms with Gasteiger partial charge in [0, 0.05) is 19.5 Å². The minimum atomic E-state index is -0.458. The molecule has 6 nitrogen and oxygen atoms in total. The third kappa shape index (κ3) is 2.66. The third-order valence-electron chi connectivity index (χ3n) is 3.53. The maximum absolute atomic E-state index is 13.6. The molecule has 3 N–H and O–H groups in total. The summed E-state index contributed by atoms with van der Waals surface area (Å²) in [5, 5.41) is 2.61. The van der Waals surface area contributed by atoms with Crippen LogP contribution in [-0.2, 0) is 6.42 Å². The van der Waals surface area contributed by atoms with Gasteiger partial charge in [-0.3, -0.25) is 14.3 Å². The molecule has 2 heterocycles. The molecular weight excluding hydrogens is 297 g/mol. The number of benzene rings is 1. The van der Waals surface area contributed by atoms with E-state index in [0.29, 0.717) is 41.1 Å². The SMILES string of the molecule is CNC(=O)c1cccc2nc(CCN)n(-c3cncc(F)c3)c12. The number of nitrogens with two attached hydrogens (primary N) is 1. The van der Waals surface area contributed by atoms with Gasteiger partial charge in [0.15, 0.2) is 0 Å². The van der Waals surface area contributed by atoms with Crippen LogP contribution < -0.4 is 11.1 Å². The number of halogens is 1. The summed E-state index contributed by atoms with van der Waals surface area (Å²) in [6, 6.07) is 6.64. The number of carbonyl (C=O) groups excluding carboxylic acids is 1. The van der Waals surface area contributed by atoms with Gasteiger partial charge in [0.1, 0.15) is 11.6 Å².